The van der Waals surface area contributed by atoms with Gasteiger partial charge in [-0.15, -0.1) is 0 Å². The molecule has 0 aliphatic rings. The molecule has 0 saturated heterocycles. The molecule has 0 radical (unpaired) electrons. The number of Topliss-reactive ketones (excluding diaryl/α,β-unsaturated/α-hetero) is 1. The minimum atomic E-state index is -1.28. The first-order chi connectivity index (χ1) is 8.88. The Morgan fingerprint density at radius 3 is 2.42 bits per heavy atom. The van der Waals surface area contributed by atoms with Crippen molar-refractivity contribution in [3.63, 3.8) is 0 Å². The summed E-state index contributed by atoms with van der Waals surface area (Å²) in [4.78, 5) is 34.1. The first-order valence-electron chi connectivity index (χ1n) is 5.61. The SMILES string of the molecule is CCOC(=O)c1ccc(C(=O)C(C)Br)cc1C(=O)O. The molecular weight excluding hydrogens is 316 g/mol. The summed E-state index contributed by atoms with van der Waals surface area (Å²) in [5, 5.41) is 9.10. The van der Waals surface area contributed by atoms with E-state index in [1.165, 1.54) is 18.2 Å². The van der Waals surface area contributed by atoms with E-state index in [4.69, 9.17) is 9.84 Å². The highest BCUT2D eigenvalue weighted by molar-refractivity contribution is 9.10. The lowest BCUT2D eigenvalue weighted by Crippen LogP contribution is -2.15. The third-order valence-corrected chi connectivity index (χ3v) is 2.81. The molecule has 1 aromatic carbocycles. The molecule has 1 rings (SSSR count). The number of hydrogen-bond donors (Lipinski definition) is 1. The zero-order valence-corrected chi connectivity index (χ0v) is 12.1. The number of rotatable bonds is 5. The Kier molecular flexibility index (Phi) is 5.23. The lowest BCUT2D eigenvalue weighted by Gasteiger charge is -2.08. The highest BCUT2D eigenvalue weighted by Crippen LogP contribution is 2.17. The van der Waals surface area contributed by atoms with Gasteiger partial charge in [-0.1, -0.05) is 22.0 Å². The third kappa shape index (κ3) is 3.64. The topological polar surface area (TPSA) is 80.7 Å². The van der Waals surface area contributed by atoms with E-state index in [0.717, 1.165) is 0 Å². The van der Waals surface area contributed by atoms with E-state index in [0.29, 0.717) is 0 Å². The molecule has 0 aliphatic heterocycles. The van der Waals surface area contributed by atoms with Crippen LogP contribution in [0, 0.1) is 0 Å². The van der Waals surface area contributed by atoms with Gasteiger partial charge in [-0.05, 0) is 26.0 Å². The third-order valence-electron chi connectivity index (χ3n) is 2.39. The number of benzene rings is 1. The van der Waals surface area contributed by atoms with Crippen molar-refractivity contribution in [2.45, 2.75) is 18.7 Å². The average Bonchev–Trinajstić information content (AvgIpc) is 2.37. The molecule has 0 bridgehead atoms. The second kappa shape index (κ2) is 6.47. The van der Waals surface area contributed by atoms with Crippen LogP contribution in [0.2, 0.25) is 0 Å². The number of carbonyl (C=O) groups is 3. The number of aromatic carboxylic acids is 1. The van der Waals surface area contributed by atoms with Crippen molar-refractivity contribution in [3.8, 4) is 0 Å². The number of hydrogen-bond acceptors (Lipinski definition) is 4. The van der Waals surface area contributed by atoms with Crippen LogP contribution in [0.15, 0.2) is 18.2 Å². The minimum Gasteiger partial charge on any atom is -0.478 e. The van der Waals surface area contributed by atoms with Crippen molar-refractivity contribution in [1.29, 1.82) is 0 Å². The Morgan fingerprint density at radius 2 is 1.95 bits per heavy atom. The van der Waals surface area contributed by atoms with E-state index in [1.807, 2.05) is 0 Å². The van der Waals surface area contributed by atoms with Gasteiger partial charge in [0.15, 0.2) is 5.78 Å². The molecule has 1 atom stereocenters. The minimum absolute atomic E-state index is 0.0619. The summed E-state index contributed by atoms with van der Waals surface area (Å²) >= 11 is 3.12. The molecule has 5 nitrogen and oxygen atoms in total. The maximum absolute atomic E-state index is 11.8. The summed E-state index contributed by atoms with van der Waals surface area (Å²) in [7, 11) is 0. The van der Waals surface area contributed by atoms with E-state index in [1.54, 1.807) is 13.8 Å². The summed E-state index contributed by atoms with van der Waals surface area (Å²) in [5.74, 6) is -2.25. The van der Waals surface area contributed by atoms with Crippen LogP contribution in [0.5, 0.6) is 0 Å². The van der Waals surface area contributed by atoms with E-state index in [2.05, 4.69) is 15.9 Å². The standard InChI is InChI=1S/C13H13BrO5/c1-3-19-13(18)9-5-4-8(11(15)7(2)14)6-10(9)12(16)17/h4-7H,3H2,1-2H3,(H,16,17). The molecule has 1 N–H and O–H groups in total. The molecule has 0 fully saturated rings. The summed E-state index contributed by atoms with van der Waals surface area (Å²) in [6.07, 6.45) is 0. The molecule has 6 heteroatoms. The van der Waals surface area contributed by atoms with Gasteiger partial charge >= 0.3 is 11.9 Å². The fourth-order valence-corrected chi connectivity index (χ4v) is 1.76. The number of alkyl halides is 1. The van der Waals surface area contributed by atoms with Crippen molar-refractivity contribution in [2.24, 2.45) is 0 Å². The normalized spacial score (nSPS) is 11.7. The van der Waals surface area contributed by atoms with Crippen LogP contribution in [-0.4, -0.2) is 34.3 Å². The summed E-state index contributed by atoms with van der Waals surface area (Å²) in [5.41, 5.74) is -0.0691. The van der Waals surface area contributed by atoms with Crippen LogP contribution < -0.4 is 0 Å². The predicted molar refractivity (Wildman–Crippen MR) is 72.1 cm³/mol. The lowest BCUT2D eigenvalue weighted by molar-refractivity contribution is 0.0514. The number of esters is 1. The van der Waals surface area contributed by atoms with Gasteiger partial charge in [0.05, 0.1) is 22.6 Å². The number of carboxylic acids is 1. The van der Waals surface area contributed by atoms with Gasteiger partial charge < -0.3 is 9.84 Å². The summed E-state index contributed by atoms with van der Waals surface area (Å²) in [6, 6.07) is 3.90. The molecule has 0 heterocycles. The maximum atomic E-state index is 11.8. The van der Waals surface area contributed by atoms with Crippen LogP contribution in [-0.2, 0) is 4.74 Å². The number of ketones is 1. The van der Waals surface area contributed by atoms with Crippen molar-refractivity contribution in [2.75, 3.05) is 6.61 Å². The molecule has 1 unspecified atom stereocenters. The predicted octanol–water partition coefficient (Wildman–Crippen LogP) is 2.53. The van der Waals surface area contributed by atoms with Crippen molar-refractivity contribution in [1.82, 2.24) is 0 Å². The molecular formula is C13H13BrO5. The van der Waals surface area contributed by atoms with Gasteiger partial charge in [0.2, 0.25) is 0 Å². The largest absolute Gasteiger partial charge is 0.478 e. The highest BCUT2D eigenvalue weighted by Gasteiger charge is 2.21. The van der Waals surface area contributed by atoms with E-state index >= 15 is 0 Å². The molecule has 0 saturated carbocycles. The smallest absolute Gasteiger partial charge is 0.338 e. The quantitative estimate of drug-likeness (QED) is 0.510. The Balaban J connectivity index is 3.26. The summed E-state index contributed by atoms with van der Waals surface area (Å²) in [6.45, 7) is 3.42. The maximum Gasteiger partial charge on any atom is 0.338 e. The van der Waals surface area contributed by atoms with Crippen LogP contribution in [0.1, 0.15) is 44.9 Å². The number of halogens is 1. The van der Waals surface area contributed by atoms with Gasteiger partial charge in [0.1, 0.15) is 0 Å². The van der Waals surface area contributed by atoms with Gasteiger partial charge in [-0.3, -0.25) is 4.79 Å². The van der Waals surface area contributed by atoms with Crippen LogP contribution in [0.25, 0.3) is 0 Å². The first-order valence-corrected chi connectivity index (χ1v) is 6.52. The van der Waals surface area contributed by atoms with Gasteiger partial charge in [0.25, 0.3) is 0 Å². The van der Waals surface area contributed by atoms with E-state index < -0.39 is 16.8 Å². The molecule has 102 valence electrons. The Labute approximate surface area is 118 Å². The Hall–Kier alpha value is -1.69. The van der Waals surface area contributed by atoms with Gasteiger partial charge in [0, 0.05) is 5.56 Å². The number of carboxylic acid groups (broad SMARTS) is 1. The number of carbonyl (C=O) groups excluding carboxylic acids is 2. The van der Waals surface area contributed by atoms with Crippen LogP contribution >= 0.6 is 15.9 Å². The molecule has 0 amide bonds. The lowest BCUT2D eigenvalue weighted by atomic mass is 10.0. The molecule has 1 aromatic rings. The zero-order chi connectivity index (χ0) is 14.6. The summed E-state index contributed by atoms with van der Waals surface area (Å²) < 4.78 is 4.77. The molecule has 0 aromatic heterocycles. The first kappa shape index (κ1) is 15.4. The monoisotopic (exact) mass is 328 g/mol. The van der Waals surface area contributed by atoms with Crippen LogP contribution in [0.4, 0.5) is 0 Å². The van der Waals surface area contributed by atoms with Crippen LogP contribution in [0.3, 0.4) is 0 Å². The second-order valence-corrected chi connectivity index (χ2v) is 5.14. The van der Waals surface area contributed by atoms with Crippen molar-refractivity contribution in [3.05, 3.63) is 34.9 Å². The van der Waals surface area contributed by atoms with Crippen molar-refractivity contribution < 1.29 is 24.2 Å². The average molecular weight is 329 g/mol. The van der Waals surface area contributed by atoms with Gasteiger partial charge in [-0.2, -0.15) is 0 Å². The van der Waals surface area contributed by atoms with Crippen molar-refractivity contribution >= 4 is 33.7 Å². The van der Waals surface area contributed by atoms with E-state index in [-0.39, 0.29) is 29.1 Å². The number of ether oxygens (including phenoxy) is 1. The van der Waals surface area contributed by atoms with E-state index in [9.17, 15) is 14.4 Å². The molecule has 0 spiro atoms. The molecule has 0 aliphatic carbocycles. The van der Waals surface area contributed by atoms with Gasteiger partial charge in [-0.25, -0.2) is 9.59 Å². The highest BCUT2D eigenvalue weighted by atomic mass is 79.9. The Bertz CT molecular complexity index is 522. The second-order valence-electron chi connectivity index (χ2n) is 3.77. The fraction of sp³-hybridized carbons (Fsp3) is 0.308. The fourth-order valence-electron chi connectivity index (χ4n) is 1.49. The molecule has 19 heavy (non-hydrogen) atoms. The zero-order valence-electron chi connectivity index (χ0n) is 10.5. The Morgan fingerprint density at radius 1 is 1.32 bits per heavy atom.